The largest absolute Gasteiger partial charge is 0.477 e. The number of ether oxygens (including phenoxy) is 1. The van der Waals surface area contributed by atoms with Gasteiger partial charge in [0.25, 0.3) is 11.8 Å². The van der Waals surface area contributed by atoms with Gasteiger partial charge in [-0.05, 0) is 42.7 Å². The van der Waals surface area contributed by atoms with Crippen LogP contribution in [0.3, 0.4) is 0 Å². The van der Waals surface area contributed by atoms with Crippen molar-refractivity contribution in [3.8, 4) is 5.75 Å². The molecular formula is C29H25N3O4. The van der Waals surface area contributed by atoms with Crippen molar-refractivity contribution in [1.29, 1.82) is 0 Å². The van der Waals surface area contributed by atoms with E-state index in [-0.39, 0.29) is 29.5 Å². The molecule has 0 spiro atoms. The zero-order valence-electron chi connectivity index (χ0n) is 19.8. The Morgan fingerprint density at radius 2 is 1.78 bits per heavy atom. The number of aromatic nitrogens is 1. The standard InChI is InChI=1S/C29H25N3O4/c1-18-14-20-10-7-11-21-26(20)31(18)16-22(27(21)33)29(35)32-17-25(36-24-13-6-5-12-23(24)32)28(34)30-15-19-8-3-2-4-9-19/h2-13,16,18,25H,14-15,17H2,1H3,(H,30,34)/t18-,25+/m1/s1. The number of para-hydroxylation sites is 3. The molecule has 2 aliphatic heterocycles. The Bertz CT molecular complexity index is 1560. The zero-order chi connectivity index (χ0) is 24.8. The third kappa shape index (κ3) is 3.64. The summed E-state index contributed by atoms with van der Waals surface area (Å²) in [6, 6.07) is 22.5. The Morgan fingerprint density at radius 3 is 2.61 bits per heavy atom. The van der Waals surface area contributed by atoms with Crippen LogP contribution in [0, 0.1) is 0 Å². The second-order valence-corrected chi connectivity index (χ2v) is 9.34. The average molecular weight is 480 g/mol. The van der Waals surface area contributed by atoms with Gasteiger partial charge in [0.2, 0.25) is 5.43 Å². The molecule has 6 rings (SSSR count). The van der Waals surface area contributed by atoms with E-state index in [0.717, 1.165) is 23.1 Å². The Labute approximate surface area is 207 Å². The lowest BCUT2D eigenvalue weighted by Crippen LogP contribution is -2.51. The van der Waals surface area contributed by atoms with Crippen molar-refractivity contribution in [1.82, 2.24) is 9.88 Å². The maximum atomic E-state index is 13.9. The minimum absolute atomic E-state index is 0.00351. The lowest BCUT2D eigenvalue weighted by atomic mass is 10.1. The molecule has 1 aromatic heterocycles. The summed E-state index contributed by atoms with van der Waals surface area (Å²) in [6.45, 7) is 2.43. The van der Waals surface area contributed by atoms with Crippen LogP contribution < -0.4 is 20.4 Å². The molecule has 3 heterocycles. The molecule has 4 aromatic rings. The highest BCUT2D eigenvalue weighted by Gasteiger charge is 2.36. The highest BCUT2D eigenvalue weighted by Crippen LogP contribution is 2.35. The van der Waals surface area contributed by atoms with Crippen molar-refractivity contribution in [3.63, 3.8) is 0 Å². The first-order chi connectivity index (χ1) is 17.5. The van der Waals surface area contributed by atoms with Gasteiger partial charge in [-0.25, -0.2) is 0 Å². The van der Waals surface area contributed by atoms with Gasteiger partial charge in [0.05, 0.1) is 17.7 Å². The van der Waals surface area contributed by atoms with Crippen LogP contribution in [0.5, 0.6) is 5.75 Å². The fraction of sp³-hybridized carbons (Fsp3) is 0.207. The summed E-state index contributed by atoms with van der Waals surface area (Å²) >= 11 is 0. The van der Waals surface area contributed by atoms with Gasteiger partial charge >= 0.3 is 0 Å². The molecule has 0 unspecified atom stereocenters. The maximum absolute atomic E-state index is 13.9. The van der Waals surface area contributed by atoms with Crippen LogP contribution in [0.4, 0.5) is 5.69 Å². The first-order valence-corrected chi connectivity index (χ1v) is 12.1. The molecule has 0 saturated heterocycles. The number of amides is 2. The predicted molar refractivity (Wildman–Crippen MR) is 137 cm³/mol. The Balaban J connectivity index is 1.34. The highest BCUT2D eigenvalue weighted by molar-refractivity contribution is 6.09. The van der Waals surface area contributed by atoms with E-state index in [2.05, 4.69) is 12.2 Å². The van der Waals surface area contributed by atoms with Crippen molar-refractivity contribution in [2.75, 3.05) is 11.4 Å². The van der Waals surface area contributed by atoms with Crippen LogP contribution in [0.1, 0.15) is 34.5 Å². The monoisotopic (exact) mass is 479 g/mol. The van der Waals surface area contributed by atoms with Gasteiger partial charge in [-0.1, -0.05) is 54.6 Å². The molecule has 36 heavy (non-hydrogen) atoms. The third-order valence-electron chi connectivity index (χ3n) is 6.98. The van der Waals surface area contributed by atoms with Gasteiger partial charge in [0.15, 0.2) is 6.10 Å². The van der Waals surface area contributed by atoms with Gasteiger partial charge in [-0.3, -0.25) is 14.4 Å². The molecular weight excluding hydrogens is 454 g/mol. The highest BCUT2D eigenvalue weighted by atomic mass is 16.5. The SMILES string of the molecule is C[C@@H]1Cc2cccc3c(=O)c(C(=O)N4C[C@@H](C(=O)NCc5ccccc5)Oc5ccccc54)cn1c23. The molecule has 1 N–H and O–H groups in total. The maximum Gasteiger partial charge on any atom is 0.264 e. The lowest BCUT2D eigenvalue weighted by Gasteiger charge is -2.34. The molecule has 7 nitrogen and oxygen atoms in total. The van der Waals surface area contributed by atoms with E-state index in [4.69, 9.17) is 4.74 Å². The number of nitrogens with one attached hydrogen (secondary N) is 1. The molecule has 7 heteroatoms. The third-order valence-corrected chi connectivity index (χ3v) is 6.98. The number of pyridine rings is 1. The number of carbonyl (C=O) groups is 2. The predicted octanol–water partition coefficient (Wildman–Crippen LogP) is 3.84. The van der Waals surface area contributed by atoms with Gasteiger partial charge in [0, 0.05) is 24.2 Å². The lowest BCUT2D eigenvalue weighted by molar-refractivity contribution is -0.127. The first kappa shape index (κ1) is 22.1. The smallest absolute Gasteiger partial charge is 0.264 e. The van der Waals surface area contributed by atoms with Crippen molar-refractivity contribution in [3.05, 3.63) is 106 Å². The molecule has 2 aliphatic rings. The van der Waals surface area contributed by atoms with Crippen molar-refractivity contribution < 1.29 is 14.3 Å². The number of nitrogens with zero attached hydrogens (tertiary/aromatic N) is 2. The second kappa shape index (κ2) is 8.68. The second-order valence-electron chi connectivity index (χ2n) is 9.34. The minimum atomic E-state index is -0.906. The molecule has 0 radical (unpaired) electrons. The van der Waals surface area contributed by atoms with E-state index in [0.29, 0.717) is 23.4 Å². The van der Waals surface area contributed by atoms with Crippen molar-refractivity contribution in [2.45, 2.75) is 32.0 Å². The number of fused-ring (bicyclic) bond motifs is 1. The fourth-order valence-electron chi connectivity index (χ4n) is 5.18. The van der Waals surface area contributed by atoms with Gasteiger partial charge in [-0.15, -0.1) is 0 Å². The van der Waals surface area contributed by atoms with Crippen LogP contribution >= 0.6 is 0 Å². The average Bonchev–Trinajstić information content (AvgIpc) is 3.24. The number of hydrogen-bond acceptors (Lipinski definition) is 4. The van der Waals surface area contributed by atoms with Gasteiger partial charge in [0.1, 0.15) is 11.3 Å². The molecule has 0 aliphatic carbocycles. The Hall–Kier alpha value is -4.39. The van der Waals surface area contributed by atoms with Crippen LogP contribution in [-0.4, -0.2) is 29.0 Å². The summed E-state index contributed by atoms with van der Waals surface area (Å²) in [5, 5.41) is 3.44. The van der Waals surface area contributed by atoms with Crippen molar-refractivity contribution in [2.24, 2.45) is 0 Å². The number of rotatable bonds is 4. The Kier molecular flexibility index (Phi) is 5.33. The minimum Gasteiger partial charge on any atom is -0.477 e. The van der Waals surface area contributed by atoms with E-state index in [1.165, 1.54) is 4.90 Å². The number of carbonyl (C=O) groups excluding carboxylic acids is 2. The summed E-state index contributed by atoms with van der Waals surface area (Å²) in [6.07, 6.45) is 1.59. The van der Waals surface area contributed by atoms with Crippen LogP contribution in [0.15, 0.2) is 83.8 Å². The van der Waals surface area contributed by atoms with E-state index in [9.17, 15) is 14.4 Å². The molecule has 0 fully saturated rings. The van der Waals surface area contributed by atoms with E-state index in [1.54, 1.807) is 36.5 Å². The summed E-state index contributed by atoms with van der Waals surface area (Å²) in [5.41, 5.74) is 3.31. The molecule has 2 atom stereocenters. The zero-order valence-corrected chi connectivity index (χ0v) is 19.8. The molecule has 0 saturated carbocycles. The topological polar surface area (TPSA) is 80.6 Å². The number of hydrogen-bond donors (Lipinski definition) is 1. The van der Waals surface area contributed by atoms with Gasteiger partial charge < -0.3 is 19.5 Å². The molecule has 0 bridgehead atoms. The number of benzene rings is 3. The van der Waals surface area contributed by atoms with E-state index >= 15 is 0 Å². The fourth-order valence-corrected chi connectivity index (χ4v) is 5.18. The van der Waals surface area contributed by atoms with Crippen LogP contribution in [0.2, 0.25) is 0 Å². The Morgan fingerprint density at radius 1 is 1.00 bits per heavy atom. The molecule has 3 aromatic carbocycles. The normalized spacial score (nSPS) is 18.0. The first-order valence-electron chi connectivity index (χ1n) is 12.1. The van der Waals surface area contributed by atoms with Gasteiger partial charge in [-0.2, -0.15) is 0 Å². The quantitative estimate of drug-likeness (QED) is 0.482. The summed E-state index contributed by atoms with van der Waals surface area (Å²) < 4.78 is 8.00. The van der Waals surface area contributed by atoms with Crippen molar-refractivity contribution >= 4 is 28.4 Å². The van der Waals surface area contributed by atoms with E-state index in [1.807, 2.05) is 47.0 Å². The van der Waals surface area contributed by atoms with Crippen LogP contribution in [0.25, 0.3) is 10.9 Å². The summed E-state index contributed by atoms with van der Waals surface area (Å²) in [7, 11) is 0. The summed E-state index contributed by atoms with van der Waals surface area (Å²) in [4.78, 5) is 41.9. The van der Waals surface area contributed by atoms with E-state index < -0.39 is 12.0 Å². The summed E-state index contributed by atoms with van der Waals surface area (Å²) in [5.74, 6) is -0.330. The molecule has 180 valence electrons. The molecule has 2 amide bonds. The number of anilines is 1. The van der Waals surface area contributed by atoms with Crippen LogP contribution in [-0.2, 0) is 17.8 Å².